The molecule has 2 aromatic rings. The minimum Gasteiger partial charge on any atom is -0.593 e. The average molecular weight is 339 g/mol. The van der Waals surface area contributed by atoms with Gasteiger partial charge >= 0.3 is 0 Å². The van der Waals surface area contributed by atoms with Crippen LogP contribution in [0, 0.1) is 0 Å². The highest BCUT2D eigenvalue weighted by molar-refractivity contribution is 5.70. The zero-order valence-corrected chi connectivity index (χ0v) is 14.0. The van der Waals surface area contributed by atoms with Gasteiger partial charge in [-0.25, -0.2) is 0 Å². The van der Waals surface area contributed by atoms with E-state index in [0.717, 1.165) is 16.9 Å². The first-order valence-corrected chi connectivity index (χ1v) is 8.30. The van der Waals surface area contributed by atoms with Crippen molar-refractivity contribution in [2.45, 2.75) is 31.2 Å². The van der Waals surface area contributed by atoms with Gasteiger partial charge in [0.05, 0.1) is 11.6 Å². The maximum absolute atomic E-state index is 11.2. The van der Waals surface area contributed by atoms with Gasteiger partial charge in [-0.15, -0.1) is 0 Å². The molecule has 3 heterocycles. The summed E-state index contributed by atoms with van der Waals surface area (Å²) in [7, 11) is 0. The minimum atomic E-state index is -1.25. The van der Waals surface area contributed by atoms with Crippen molar-refractivity contribution in [3.63, 3.8) is 0 Å². The Balaban J connectivity index is 1.64. The van der Waals surface area contributed by atoms with Crippen molar-refractivity contribution >= 4 is 6.08 Å². The highest BCUT2D eigenvalue weighted by Gasteiger charge is 2.53. The van der Waals surface area contributed by atoms with Gasteiger partial charge in [0.15, 0.2) is 11.7 Å². The average Bonchev–Trinajstić information content (AvgIpc) is 2.85. The van der Waals surface area contributed by atoms with Crippen molar-refractivity contribution in [3.05, 3.63) is 53.1 Å². The van der Waals surface area contributed by atoms with Crippen LogP contribution in [0.15, 0.2) is 36.4 Å². The van der Waals surface area contributed by atoms with Crippen molar-refractivity contribution in [1.82, 2.24) is 0 Å². The summed E-state index contributed by atoms with van der Waals surface area (Å²) in [5.74, 6) is 2.35. The predicted molar refractivity (Wildman–Crippen MR) is 92.4 cm³/mol. The molecule has 0 spiro atoms. The molecular formula is C20H19O5+. The molecule has 2 aromatic carbocycles. The van der Waals surface area contributed by atoms with E-state index in [-0.39, 0.29) is 12.2 Å². The molecule has 0 fully saturated rings. The Kier molecular flexibility index (Phi) is 2.63. The number of ether oxygens (including phenoxy) is 3. The van der Waals surface area contributed by atoms with E-state index >= 15 is 0 Å². The largest absolute Gasteiger partial charge is 0.593 e. The number of rotatable bonds is 0. The van der Waals surface area contributed by atoms with Crippen LogP contribution in [0.25, 0.3) is 6.08 Å². The van der Waals surface area contributed by atoms with E-state index in [1.54, 1.807) is 18.2 Å². The molecule has 128 valence electrons. The second-order valence-corrected chi connectivity index (χ2v) is 7.36. The molecular weight excluding hydrogens is 320 g/mol. The molecule has 2 atom stereocenters. The fourth-order valence-corrected chi connectivity index (χ4v) is 3.81. The molecule has 0 aliphatic carbocycles. The fraction of sp³-hybridized carbons (Fsp3) is 0.300. The lowest BCUT2D eigenvalue weighted by Gasteiger charge is -2.37. The van der Waals surface area contributed by atoms with Crippen LogP contribution < -0.4 is 14.2 Å². The molecule has 5 nitrogen and oxygen atoms in total. The first kappa shape index (κ1) is 14.7. The number of fused-ring (bicyclic) bond motifs is 7. The molecule has 3 N–H and O–H groups in total. The number of aliphatic hydroxyl groups is 1. The molecule has 0 bridgehead atoms. The Morgan fingerprint density at radius 2 is 2.00 bits per heavy atom. The molecule has 0 saturated carbocycles. The SMILES string of the molecule is CC1(C)C=Cc2c(ccc3c2OCC2(O)c4ccc([OH2+])cc4OC32)O1. The smallest absolute Gasteiger partial charge is 0.257 e. The van der Waals surface area contributed by atoms with E-state index in [4.69, 9.17) is 19.3 Å². The van der Waals surface area contributed by atoms with Crippen LogP contribution >= 0.6 is 0 Å². The molecule has 0 radical (unpaired) electrons. The van der Waals surface area contributed by atoms with Gasteiger partial charge in [-0.2, -0.15) is 0 Å². The van der Waals surface area contributed by atoms with Crippen LogP contribution in [-0.4, -0.2) is 22.4 Å². The number of hydrogen-bond acceptors (Lipinski definition) is 4. The summed E-state index contributed by atoms with van der Waals surface area (Å²) in [6.07, 6.45) is 3.45. The highest BCUT2D eigenvalue weighted by Crippen LogP contribution is 2.56. The van der Waals surface area contributed by atoms with Crippen LogP contribution in [0.3, 0.4) is 0 Å². The van der Waals surface area contributed by atoms with E-state index in [1.165, 1.54) is 0 Å². The minimum absolute atomic E-state index is 0.0999. The lowest BCUT2D eigenvalue weighted by atomic mass is 9.83. The Morgan fingerprint density at radius 1 is 1.16 bits per heavy atom. The van der Waals surface area contributed by atoms with Crippen molar-refractivity contribution in [2.24, 2.45) is 0 Å². The van der Waals surface area contributed by atoms with E-state index in [1.807, 2.05) is 38.1 Å². The molecule has 2 unspecified atom stereocenters. The first-order valence-electron chi connectivity index (χ1n) is 8.30. The molecule has 0 aromatic heterocycles. The Labute approximate surface area is 145 Å². The summed E-state index contributed by atoms with van der Waals surface area (Å²) < 4.78 is 18.0. The maximum Gasteiger partial charge on any atom is 0.257 e. The summed E-state index contributed by atoms with van der Waals surface area (Å²) in [4.78, 5) is 0. The van der Waals surface area contributed by atoms with E-state index in [2.05, 4.69) is 0 Å². The van der Waals surface area contributed by atoms with Gasteiger partial charge in [0.1, 0.15) is 29.5 Å². The zero-order valence-electron chi connectivity index (χ0n) is 14.0. The summed E-state index contributed by atoms with van der Waals surface area (Å²) in [6, 6.07) is 8.83. The standard InChI is InChI=1S/C20H18O5/c1-19(2)8-7-12-15(25-19)6-4-13-17(12)23-10-20(22)14-5-3-11(21)9-16(14)24-18(13)20/h3-9,18,21-22H,10H2,1-2H3/p+1. The second-order valence-electron chi connectivity index (χ2n) is 7.36. The molecule has 3 aliphatic rings. The van der Waals surface area contributed by atoms with E-state index in [9.17, 15) is 5.11 Å². The van der Waals surface area contributed by atoms with Gasteiger partial charge in [-0.1, -0.05) is 0 Å². The van der Waals surface area contributed by atoms with Crippen molar-refractivity contribution in [1.29, 1.82) is 0 Å². The summed E-state index contributed by atoms with van der Waals surface area (Å²) >= 11 is 0. The van der Waals surface area contributed by atoms with Gasteiger partial charge < -0.3 is 24.4 Å². The number of benzene rings is 2. The highest BCUT2D eigenvalue weighted by atomic mass is 16.5. The van der Waals surface area contributed by atoms with E-state index in [0.29, 0.717) is 22.8 Å². The van der Waals surface area contributed by atoms with E-state index < -0.39 is 11.7 Å². The molecule has 5 heteroatoms. The molecule has 3 aliphatic heterocycles. The van der Waals surface area contributed by atoms with Crippen molar-refractivity contribution < 1.29 is 24.4 Å². The van der Waals surface area contributed by atoms with Gasteiger partial charge in [0.2, 0.25) is 0 Å². The van der Waals surface area contributed by atoms with Gasteiger partial charge in [-0.05, 0) is 44.2 Å². The molecule has 0 saturated heterocycles. The fourth-order valence-electron chi connectivity index (χ4n) is 3.81. The number of hydrogen-bond donors (Lipinski definition) is 1. The summed E-state index contributed by atoms with van der Waals surface area (Å²) in [6.45, 7) is 4.10. The topological polar surface area (TPSA) is 70.8 Å². The quantitative estimate of drug-likeness (QED) is 0.749. The maximum atomic E-state index is 11.2. The Morgan fingerprint density at radius 3 is 2.84 bits per heavy atom. The third-order valence-corrected chi connectivity index (χ3v) is 5.06. The Bertz CT molecular complexity index is 930. The van der Waals surface area contributed by atoms with Gasteiger partial charge in [0.25, 0.3) is 5.75 Å². The van der Waals surface area contributed by atoms with Crippen molar-refractivity contribution in [2.75, 3.05) is 6.61 Å². The third kappa shape index (κ3) is 1.93. The third-order valence-electron chi connectivity index (χ3n) is 5.06. The van der Waals surface area contributed by atoms with Crippen LogP contribution in [-0.2, 0) is 5.60 Å². The summed E-state index contributed by atoms with van der Waals surface area (Å²) in [5, 5.41) is 19.0. The summed E-state index contributed by atoms with van der Waals surface area (Å²) in [5.41, 5.74) is 0.733. The Hall–Kier alpha value is -2.66. The normalized spacial score (nSPS) is 27.1. The van der Waals surface area contributed by atoms with Crippen LogP contribution in [0.5, 0.6) is 23.0 Å². The second kappa shape index (κ2) is 4.49. The monoisotopic (exact) mass is 339 g/mol. The molecule has 5 rings (SSSR count). The lowest BCUT2D eigenvalue weighted by molar-refractivity contribution is -0.0865. The van der Waals surface area contributed by atoms with Crippen LogP contribution in [0.2, 0.25) is 0 Å². The first-order chi connectivity index (χ1) is 11.9. The van der Waals surface area contributed by atoms with Crippen molar-refractivity contribution in [3.8, 4) is 23.0 Å². The zero-order chi connectivity index (χ0) is 17.4. The molecule has 25 heavy (non-hydrogen) atoms. The van der Waals surface area contributed by atoms with Gasteiger partial charge in [0, 0.05) is 17.2 Å². The van der Waals surface area contributed by atoms with Gasteiger partial charge in [-0.3, -0.25) is 0 Å². The predicted octanol–water partition coefficient (Wildman–Crippen LogP) is 3.02. The van der Waals surface area contributed by atoms with Crippen LogP contribution in [0.1, 0.15) is 36.6 Å². The van der Waals surface area contributed by atoms with Crippen LogP contribution in [0.4, 0.5) is 0 Å². The lowest BCUT2D eigenvalue weighted by Crippen LogP contribution is -2.41. The molecule has 0 amide bonds.